The van der Waals surface area contributed by atoms with E-state index in [2.05, 4.69) is 198 Å². The van der Waals surface area contributed by atoms with Crippen molar-refractivity contribution in [1.82, 2.24) is 48.0 Å². The summed E-state index contributed by atoms with van der Waals surface area (Å²) in [6, 6.07) is 70.9. The number of imidazole rings is 4. The van der Waals surface area contributed by atoms with Crippen molar-refractivity contribution < 1.29 is 58.2 Å². The quantitative estimate of drug-likeness (QED) is 0.0352. The van der Waals surface area contributed by atoms with Crippen molar-refractivity contribution in [3.05, 3.63) is 262 Å². The molecule has 0 radical (unpaired) electrons. The second-order valence-corrected chi connectivity index (χ2v) is 40.2. The van der Waals surface area contributed by atoms with Crippen LogP contribution in [0.5, 0.6) is 0 Å². The van der Waals surface area contributed by atoms with E-state index < -0.39 is 41.3 Å². The Morgan fingerprint density at radius 3 is 0.645 bits per heavy atom. The molecule has 0 spiro atoms. The van der Waals surface area contributed by atoms with Crippen molar-refractivity contribution >= 4 is 79.4 Å². The number of aromatic nitrogens is 8. The number of hydrogen-bond donors (Lipinski definition) is 1. The van der Waals surface area contributed by atoms with Gasteiger partial charge in [-0.25, -0.2) is 19.9 Å². The van der Waals surface area contributed by atoms with E-state index in [1.165, 1.54) is 0 Å². The van der Waals surface area contributed by atoms with Crippen LogP contribution in [0.15, 0.2) is 194 Å². The topological polar surface area (TPSA) is 209 Å². The summed E-state index contributed by atoms with van der Waals surface area (Å²) in [5.41, 5.74) is 16.7. The fraction of sp³-hybridized carbons (Fsp3) is 0.373. The summed E-state index contributed by atoms with van der Waals surface area (Å²) in [6.07, 6.45) is 2.03. The molecule has 0 bridgehead atoms. The zero-order chi connectivity index (χ0) is 77.3. The number of aliphatic hydroxyl groups is 1. The number of aliphatic hydroxyl groups excluding tert-OH is 1. The highest BCUT2D eigenvalue weighted by Gasteiger charge is 2.40. The third-order valence-electron chi connectivity index (χ3n) is 21.4. The van der Waals surface area contributed by atoms with Gasteiger partial charge in [-0.2, -0.15) is 0 Å². The first-order chi connectivity index (χ1) is 53.6. The summed E-state index contributed by atoms with van der Waals surface area (Å²) in [5.74, 6) is 3.41. The number of nitrogens with zero attached hydrogens (tertiary/aromatic N) is 10. The number of benzene rings is 8. The molecule has 0 unspecified atom stereocenters. The molecule has 8 aromatic carbocycles. The van der Waals surface area contributed by atoms with E-state index >= 15 is 0 Å². The predicted octanol–water partition coefficient (Wildman–Crippen LogP) is 13.0. The van der Waals surface area contributed by atoms with E-state index in [0.29, 0.717) is 76.5 Å². The minimum absolute atomic E-state index is 0.244. The first-order valence-electron chi connectivity index (χ1n) is 37.4. The lowest BCUT2D eigenvalue weighted by atomic mass is 10.1. The Labute approximate surface area is 650 Å². The van der Waals surface area contributed by atoms with Gasteiger partial charge in [-0.3, -0.25) is 9.80 Å². The minimum Gasteiger partial charge on any atom is -0.390 e. The van der Waals surface area contributed by atoms with Crippen molar-refractivity contribution in [1.29, 1.82) is 0 Å². The Hall–Kier alpha value is -8.09. The zero-order valence-corrected chi connectivity index (χ0v) is 69.6. The van der Waals surface area contributed by atoms with Crippen molar-refractivity contribution in [2.45, 2.75) is 108 Å². The van der Waals surface area contributed by atoms with Crippen molar-refractivity contribution in [3.63, 3.8) is 0 Å². The largest absolute Gasteiger partial charge is 0.500 e. The van der Waals surface area contributed by atoms with Gasteiger partial charge in [0.15, 0.2) is 0 Å². The molecule has 12 rings (SSSR count). The van der Waals surface area contributed by atoms with Crippen molar-refractivity contribution in [2.75, 3.05) is 98.4 Å². The lowest BCUT2D eigenvalue weighted by Gasteiger charge is -2.29. The van der Waals surface area contributed by atoms with Gasteiger partial charge in [-0.1, -0.05) is 146 Å². The van der Waals surface area contributed by atoms with Crippen LogP contribution >= 0.6 is 0 Å². The summed E-state index contributed by atoms with van der Waals surface area (Å²) in [6.45, 7) is 4.22. The second-order valence-electron chi connectivity index (χ2n) is 27.9. The van der Waals surface area contributed by atoms with Crippen LogP contribution in [0.2, 0.25) is 24.2 Å². The smallest absolute Gasteiger partial charge is 0.390 e. The van der Waals surface area contributed by atoms with Crippen LogP contribution in [0.4, 0.5) is 0 Å². The van der Waals surface area contributed by atoms with Gasteiger partial charge in [-0.05, 0) is 119 Å². The zero-order valence-electron chi connectivity index (χ0n) is 65.6. The molecule has 4 heterocycles. The molecule has 0 aliphatic carbocycles. The van der Waals surface area contributed by atoms with Crippen molar-refractivity contribution in [3.8, 4) is 0 Å². The maximum Gasteiger partial charge on any atom is 0.500 e. The molecule has 582 valence electrons. The van der Waals surface area contributed by atoms with Crippen LogP contribution in [0.25, 0.3) is 44.1 Å². The van der Waals surface area contributed by atoms with Gasteiger partial charge in [0.2, 0.25) is 0 Å². The normalized spacial score (nSPS) is 12.7. The molecule has 0 fully saturated rings. The summed E-state index contributed by atoms with van der Waals surface area (Å²) in [5, 5.41) is 13.5. The standard InChI is InChI=1S/C83H106N10O13Si4/c1-95-107(96-2,97-3)49-45-63-29-37-67(38-30-63)53-90-76-25-17-13-21-72(76)84-80(90)59-88(60-81-85-73-22-14-18-26-77(73)91(81)54-68-39-31-64(32-40-68)46-50-108(98-4,99-5)100-6)57-71(94)58-89(61-82-86-74-23-15-19-27-78(74)92(82)55-69-41-33-65(34-42-69)47-51-109(101-7,102-8)103-9)62-83-87-75-24-16-20-28-79(75)93(83)56-70-43-35-66(36-44-70)48-52-110(104-10,105-11)106-12/h13-44,71,94H,45-62H2,1-12H3. The Balaban J connectivity index is 0.910. The van der Waals surface area contributed by atoms with Gasteiger partial charge in [0.1, 0.15) is 23.3 Å². The highest BCUT2D eigenvalue weighted by molar-refractivity contribution is 6.61. The molecule has 27 heteroatoms. The average Bonchev–Trinajstić information content (AvgIpc) is 1.65. The molecule has 0 aliphatic heterocycles. The molecule has 0 saturated heterocycles. The maximum absolute atomic E-state index is 13.5. The van der Waals surface area contributed by atoms with Crippen LogP contribution in [0.3, 0.4) is 0 Å². The Bertz CT molecular complexity index is 4260. The van der Waals surface area contributed by atoms with Gasteiger partial charge < -0.3 is 76.5 Å². The highest BCUT2D eigenvalue weighted by atomic mass is 28.4. The minimum atomic E-state index is -2.79. The fourth-order valence-electron chi connectivity index (χ4n) is 14.9. The Kier molecular flexibility index (Phi) is 28.1. The lowest BCUT2D eigenvalue weighted by Crippen LogP contribution is -2.43. The van der Waals surface area contributed by atoms with Gasteiger partial charge in [0.05, 0.1) is 76.4 Å². The number of para-hydroxylation sites is 8. The Morgan fingerprint density at radius 2 is 0.455 bits per heavy atom. The third kappa shape index (κ3) is 19.5. The van der Waals surface area contributed by atoms with Crippen molar-refractivity contribution in [2.24, 2.45) is 0 Å². The van der Waals surface area contributed by atoms with E-state index in [9.17, 15) is 5.11 Å². The Morgan fingerprint density at radius 1 is 0.273 bits per heavy atom. The molecule has 0 atom stereocenters. The first-order valence-corrected chi connectivity index (χ1v) is 45.1. The summed E-state index contributed by atoms with van der Waals surface area (Å²) >= 11 is 0. The van der Waals surface area contributed by atoms with Crippen LogP contribution in [0, 0.1) is 0 Å². The van der Waals surface area contributed by atoms with Crippen LogP contribution in [0.1, 0.15) is 67.8 Å². The first kappa shape index (κ1) is 81.4. The number of fused-ring (bicyclic) bond motifs is 4. The molecular weight excluding hydrogens is 1460 g/mol. The van der Waals surface area contributed by atoms with E-state index in [0.717, 1.165) is 138 Å². The second kappa shape index (κ2) is 38.0. The van der Waals surface area contributed by atoms with E-state index in [1.54, 1.807) is 85.3 Å². The van der Waals surface area contributed by atoms with Crippen LogP contribution < -0.4 is 0 Å². The number of hydrogen-bond acceptors (Lipinski definition) is 19. The molecule has 110 heavy (non-hydrogen) atoms. The molecule has 0 aliphatic rings. The predicted molar refractivity (Wildman–Crippen MR) is 437 cm³/mol. The van der Waals surface area contributed by atoms with E-state index in [4.69, 9.17) is 73.0 Å². The van der Waals surface area contributed by atoms with Crippen LogP contribution in [-0.4, -0.2) is 193 Å². The molecular formula is C83H106N10O13Si4. The lowest BCUT2D eigenvalue weighted by molar-refractivity contribution is 0.0585. The van der Waals surface area contributed by atoms with Crippen LogP contribution in [-0.2, 0) is 131 Å². The summed E-state index contributed by atoms with van der Waals surface area (Å²) in [4.78, 5) is 26.5. The molecule has 1 N–H and O–H groups in total. The maximum atomic E-state index is 13.5. The fourth-order valence-corrected chi connectivity index (χ4v) is 21.7. The summed E-state index contributed by atoms with van der Waals surface area (Å²) in [7, 11) is 8.68. The number of aryl methyl sites for hydroxylation is 4. The summed E-state index contributed by atoms with van der Waals surface area (Å²) < 4.78 is 78.6. The van der Waals surface area contributed by atoms with Gasteiger partial charge in [0.25, 0.3) is 0 Å². The molecule has 23 nitrogen and oxygen atoms in total. The van der Waals surface area contributed by atoms with E-state index in [1.807, 2.05) is 24.3 Å². The third-order valence-corrected chi connectivity index (χ3v) is 32.3. The molecule has 0 amide bonds. The molecule has 12 aromatic rings. The van der Waals surface area contributed by atoms with E-state index in [-0.39, 0.29) is 13.1 Å². The average molecular weight is 1560 g/mol. The van der Waals surface area contributed by atoms with Gasteiger partial charge in [-0.15, -0.1) is 0 Å². The highest BCUT2D eigenvalue weighted by Crippen LogP contribution is 2.30. The monoisotopic (exact) mass is 1560 g/mol. The van der Waals surface area contributed by atoms with Gasteiger partial charge in [0, 0.05) is 149 Å². The number of rotatable bonds is 44. The molecule has 0 saturated carbocycles. The molecule has 4 aromatic heterocycles. The SMILES string of the molecule is CO[Si](CCc1ccc(Cn2c(CN(Cc3nc4ccccc4n3Cc3ccc(CC[Si](OC)(OC)OC)cc3)CC(O)CN(Cc3nc4ccccc4n3Cc3ccc(CC[Si](OC)(OC)OC)cc3)Cc3nc4ccccc4n3Cc3ccc(CC[Si](OC)(OC)OC)cc3)nc3ccccc32)cc1)(OC)OC. The van der Waals surface area contributed by atoms with Gasteiger partial charge >= 0.3 is 35.2 Å².